The number of hydrogen-bond donors (Lipinski definition) is 2. The van der Waals surface area contributed by atoms with E-state index in [2.05, 4.69) is 32.4 Å². The summed E-state index contributed by atoms with van der Waals surface area (Å²) in [6.45, 7) is 6.06. The fourth-order valence-electron chi connectivity index (χ4n) is 3.69. The van der Waals surface area contributed by atoms with E-state index < -0.39 is 0 Å². The molecule has 2 aliphatic heterocycles. The highest BCUT2D eigenvalue weighted by atomic mass is 16.2. The summed E-state index contributed by atoms with van der Waals surface area (Å²) < 4.78 is 0. The lowest BCUT2D eigenvalue weighted by Crippen LogP contribution is -2.43. The highest BCUT2D eigenvalue weighted by Gasteiger charge is 2.31. The topological polar surface area (TPSA) is 73.4 Å². The maximum atomic E-state index is 12.9. The van der Waals surface area contributed by atoms with Crippen LogP contribution in [-0.4, -0.2) is 60.0 Å². The van der Waals surface area contributed by atoms with Crippen molar-refractivity contribution in [1.82, 2.24) is 20.2 Å². The van der Waals surface area contributed by atoms with Crippen LogP contribution in [0.1, 0.15) is 44.6 Å². The number of anilines is 2. The van der Waals surface area contributed by atoms with Crippen molar-refractivity contribution in [3.8, 4) is 0 Å². The van der Waals surface area contributed by atoms with Crippen LogP contribution >= 0.6 is 0 Å². The van der Waals surface area contributed by atoms with Crippen molar-refractivity contribution < 1.29 is 4.79 Å². The monoisotopic (exact) mass is 346 g/mol. The van der Waals surface area contributed by atoms with Crippen molar-refractivity contribution in [2.24, 2.45) is 0 Å². The number of likely N-dealkylation sites (N-methyl/N-ethyl adjacent to an activating group) is 1. The van der Waals surface area contributed by atoms with Gasteiger partial charge in [0, 0.05) is 19.6 Å². The Morgan fingerprint density at radius 1 is 1.28 bits per heavy atom. The predicted octanol–water partition coefficient (Wildman–Crippen LogP) is 1.61. The zero-order valence-electron chi connectivity index (χ0n) is 15.4. The number of fused-ring (bicyclic) bond motifs is 1. The van der Waals surface area contributed by atoms with Crippen LogP contribution in [0.5, 0.6) is 0 Å². The number of rotatable bonds is 5. The molecule has 3 heterocycles. The average molecular weight is 346 g/mol. The minimum atomic E-state index is 0.187. The molecule has 2 N–H and O–H groups in total. The van der Waals surface area contributed by atoms with Crippen LogP contribution in [0.4, 0.5) is 11.6 Å². The maximum Gasteiger partial charge on any atom is 0.242 e. The van der Waals surface area contributed by atoms with Gasteiger partial charge >= 0.3 is 0 Å². The molecule has 25 heavy (non-hydrogen) atoms. The van der Waals surface area contributed by atoms with E-state index in [1.165, 1.54) is 0 Å². The lowest BCUT2D eigenvalue weighted by molar-refractivity contribution is -0.132. The Kier molecular flexibility index (Phi) is 6.07. The first-order valence-corrected chi connectivity index (χ1v) is 9.49. The quantitative estimate of drug-likeness (QED) is 0.789. The van der Waals surface area contributed by atoms with E-state index in [0.717, 1.165) is 68.9 Å². The fraction of sp³-hybridized carbons (Fsp3) is 0.722. The van der Waals surface area contributed by atoms with Crippen LogP contribution in [0.3, 0.4) is 0 Å². The molecule has 0 bridgehead atoms. The summed E-state index contributed by atoms with van der Waals surface area (Å²) in [6, 6.07) is 0.297. The number of nitrogens with one attached hydrogen (secondary N) is 2. The smallest absolute Gasteiger partial charge is 0.242 e. The van der Waals surface area contributed by atoms with Crippen molar-refractivity contribution in [2.75, 3.05) is 43.4 Å². The van der Waals surface area contributed by atoms with Gasteiger partial charge in [-0.05, 0) is 38.8 Å². The van der Waals surface area contributed by atoms with Gasteiger partial charge in [-0.1, -0.05) is 13.3 Å². The summed E-state index contributed by atoms with van der Waals surface area (Å²) in [5.41, 5.74) is 1.05. The number of carbonyl (C=O) groups is 1. The molecule has 0 radical (unpaired) electrons. The Bertz CT molecular complexity index is 585. The number of amides is 1. The zero-order valence-corrected chi connectivity index (χ0v) is 15.4. The average Bonchev–Trinajstić information content (AvgIpc) is 2.94. The second kappa shape index (κ2) is 8.47. The van der Waals surface area contributed by atoms with E-state index in [1.807, 2.05) is 11.9 Å². The molecule has 1 aromatic heterocycles. The largest absolute Gasteiger partial charge is 0.370 e. The lowest BCUT2D eigenvalue weighted by Gasteiger charge is -2.30. The molecule has 0 aromatic carbocycles. The van der Waals surface area contributed by atoms with Crippen LogP contribution in [0.2, 0.25) is 0 Å². The summed E-state index contributed by atoms with van der Waals surface area (Å²) in [4.78, 5) is 25.8. The van der Waals surface area contributed by atoms with Gasteiger partial charge in [-0.3, -0.25) is 4.79 Å². The molecule has 1 fully saturated rings. The molecular formula is C18H30N6O. The first-order chi connectivity index (χ1) is 12.2. The van der Waals surface area contributed by atoms with E-state index in [4.69, 9.17) is 0 Å². The van der Waals surface area contributed by atoms with Gasteiger partial charge in [0.15, 0.2) is 0 Å². The molecule has 7 nitrogen and oxygen atoms in total. The van der Waals surface area contributed by atoms with Gasteiger partial charge in [-0.25, -0.2) is 9.97 Å². The molecule has 1 saturated heterocycles. The third-order valence-electron chi connectivity index (χ3n) is 5.11. The lowest BCUT2D eigenvalue weighted by atomic mass is 10.1. The van der Waals surface area contributed by atoms with Crippen molar-refractivity contribution in [3.05, 3.63) is 11.9 Å². The van der Waals surface area contributed by atoms with Gasteiger partial charge < -0.3 is 20.4 Å². The standard InChI is InChI=1S/C18H30N6O/c1-3-4-9-20-17-15-11-24(14-6-5-8-19-10-7-14)16(25)12-23(2)18(15)22-13-21-17/h13-14,19H,3-12H2,1-2H3,(H,20,21,22). The van der Waals surface area contributed by atoms with Crippen molar-refractivity contribution in [3.63, 3.8) is 0 Å². The summed E-state index contributed by atoms with van der Waals surface area (Å²) in [5, 5.41) is 6.88. The summed E-state index contributed by atoms with van der Waals surface area (Å²) in [7, 11) is 1.94. The van der Waals surface area contributed by atoms with Crippen LogP contribution in [0, 0.1) is 0 Å². The highest BCUT2D eigenvalue weighted by molar-refractivity contribution is 5.83. The van der Waals surface area contributed by atoms with Crippen LogP contribution in [-0.2, 0) is 11.3 Å². The van der Waals surface area contributed by atoms with E-state index in [0.29, 0.717) is 19.1 Å². The molecule has 0 spiro atoms. The van der Waals surface area contributed by atoms with Gasteiger partial charge in [0.25, 0.3) is 0 Å². The molecule has 7 heteroatoms. The minimum absolute atomic E-state index is 0.187. The van der Waals surface area contributed by atoms with Gasteiger partial charge in [-0.15, -0.1) is 0 Å². The molecule has 1 amide bonds. The van der Waals surface area contributed by atoms with E-state index in [1.54, 1.807) is 6.33 Å². The first kappa shape index (κ1) is 17.9. The predicted molar refractivity (Wildman–Crippen MR) is 99.8 cm³/mol. The second-order valence-electron chi connectivity index (χ2n) is 7.02. The minimum Gasteiger partial charge on any atom is -0.370 e. The van der Waals surface area contributed by atoms with Crippen molar-refractivity contribution in [1.29, 1.82) is 0 Å². The summed E-state index contributed by atoms with van der Waals surface area (Å²) in [6.07, 6.45) is 7.02. The maximum absolute atomic E-state index is 12.9. The Hall–Kier alpha value is -1.89. The summed E-state index contributed by atoms with van der Waals surface area (Å²) in [5.74, 6) is 1.93. The molecule has 1 unspecified atom stereocenters. The van der Waals surface area contributed by atoms with Gasteiger partial charge in [0.05, 0.1) is 18.7 Å². The van der Waals surface area contributed by atoms with Crippen LogP contribution in [0.15, 0.2) is 6.33 Å². The number of aromatic nitrogens is 2. The summed E-state index contributed by atoms with van der Waals surface area (Å²) >= 11 is 0. The zero-order chi connectivity index (χ0) is 17.6. The Labute approximate surface area is 150 Å². The molecule has 138 valence electrons. The Balaban J connectivity index is 1.86. The van der Waals surface area contributed by atoms with Gasteiger partial charge in [-0.2, -0.15) is 0 Å². The Morgan fingerprint density at radius 3 is 3.00 bits per heavy atom. The molecule has 1 aromatic rings. The normalized spacial score (nSPS) is 21.5. The number of nitrogens with zero attached hydrogens (tertiary/aromatic N) is 4. The van der Waals surface area contributed by atoms with Crippen molar-refractivity contribution in [2.45, 2.75) is 51.6 Å². The number of carbonyl (C=O) groups excluding carboxylic acids is 1. The molecule has 0 saturated carbocycles. The van der Waals surface area contributed by atoms with Gasteiger partial charge in [0.1, 0.15) is 18.0 Å². The molecule has 0 aliphatic carbocycles. The third-order valence-corrected chi connectivity index (χ3v) is 5.11. The van der Waals surface area contributed by atoms with Crippen LogP contribution in [0.25, 0.3) is 0 Å². The molecule has 1 atom stereocenters. The van der Waals surface area contributed by atoms with Crippen molar-refractivity contribution >= 4 is 17.5 Å². The second-order valence-corrected chi connectivity index (χ2v) is 7.02. The van der Waals surface area contributed by atoms with Crippen LogP contribution < -0.4 is 15.5 Å². The van der Waals surface area contributed by atoms with E-state index >= 15 is 0 Å². The molecule has 2 aliphatic rings. The Morgan fingerprint density at radius 2 is 2.16 bits per heavy atom. The van der Waals surface area contributed by atoms with E-state index in [-0.39, 0.29) is 5.91 Å². The van der Waals surface area contributed by atoms with Gasteiger partial charge in [0.2, 0.25) is 5.91 Å². The molecule has 3 rings (SSSR count). The first-order valence-electron chi connectivity index (χ1n) is 9.49. The van der Waals surface area contributed by atoms with E-state index in [9.17, 15) is 4.79 Å². The fourth-order valence-corrected chi connectivity index (χ4v) is 3.69. The third kappa shape index (κ3) is 4.21. The SMILES string of the molecule is CCCCNc1ncnc2c1CN(C1CCCNCC1)C(=O)CN2C. The number of unbranched alkanes of at least 4 members (excludes halogenated alkanes) is 1. The highest BCUT2D eigenvalue weighted by Crippen LogP contribution is 2.29. The number of hydrogen-bond acceptors (Lipinski definition) is 6. The molecular weight excluding hydrogens is 316 g/mol.